The number of nitrogens with one attached hydrogen (secondary N) is 1. The molecule has 2 aromatic carbocycles. The summed E-state index contributed by atoms with van der Waals surface area (Å²) in [5.74, 6) is -1.59. The summed E-state index contributed by atoms with van der Waals surface area (Å²) in [7, 11) is 1.33. The number of Topliss-reactive ketones (excluding diaryl/α,β-unsaturated/α-hetero) is 1. The summed E-state index contributed by atoms with van der Waals surface area (Å²) in [5, 5.41) is 18.8. The maximum Gasteiger partial charge on any atom is 0.344 e. The van der Waals surface area contributed by atoms with Crippen molar-refractivity contribution < 1.29 is 33.7 Å². The van der Waals surface area contributed by atoms with Gasteiger partial charge in [-0.3, -0.25) is 15.0 Å². The molecule has 0 aliphatic carbocycles. The fraction of sp³-hybridized carbons (Fsp3) is 0.304. The Hall–Kier alpha value is -3.53. The third kappa shape index (κ3) is 5.28. The van der Waals surface area contributed by atoms with Gasteiger partial charge in [-0.25, -0.2) is 4.79 Å². The predicted molar refractivity (Wildman–Crippen MR) is 123 cm³/mol. The lowest BCUT2D eigenvalue weighted by atomic mass is 10.1. The second kappa shape index (κ2) is 10.4. The van der Waals surface area contributed by atoms with Gasteiger partial charge in [-0.15, -0.1) is 11.8 Å². The molecule has 33 heavy (non-hydrogen) atoms. The quantitative estimate of drug-likeness (QED) is 0.247. The number of ether oxygens (including phenoxy) is 3. The molecule has 0 radical (unpaired) electrons. The van der Waals surface area contributed by atoms with Crippen LogP contribution in [0.2, 0.25) is 0 Å². The second-order valence-corrected chi connectivity index (χ2v) is 7.92. The van der Waals surface area contributed by atoms with Crippen LogP contribution in [0.3, 0.4) is 0 Å². The number of carbonyl (C=O) groups is 3. The number of aromatic hydroxyl groups is 1. The number of methoxy groups -OCH3 is 1. The van der Waals surface area contributed by atoms with E-state index in [1.165, 1.54) is 35.9 Å². The van der Waals surface area contributed by atoms with Crippen LogP contribution in [0, 0.1) is 5.41 Å². The number of rotatable bonds is 9. The Bertz CT molecular complexity index is 1120. The van der Waals surface area contributed by atoms with E-state index in [0.29, 0.717) is 16.2 Å². The average molecular weight is 473 g/mol. The number of phenolic OH excluding ortho intramolecular Hbond substituents is 1. The molecule has 3 rings (SSSR count). The molecule has 0 fully saturated rings. The van der Waals surface area contributed by atoms with Gasteiger partial charge in [-0.05, 0) is 30.9 Å². The van der Waals surface area contributed by atoms with Gasteiger partial charge < -0.3 is 24.2 Å². The minimum Gasteiger partial charge on any atom is -0.507 e. The van der Waals surface area contributed by atoms with Crippen molar-refractivity contribution in [2.75, 3.05) is 33.1 Å². The molecule has 1 aliphatic rings. The van der Waals surface area contributed by atoms with Gasteiger partial charge in [-0.1, -0.05) is 6.07 Å². The number of hydrogen-bond acceptors (Lipinski definition) is 9. The summed E-state index contributed by atoms with van der Waals surface area (Å²) < 4.78 is 15.3. The van der Waals surface area contributed by atoms with Crippen molar-refractivity contribution in [2.45, 2.75) is 13.5 Å². The zero-order valence-corrected chi connectivity index (χ0v) is 19.3. The van der Waals surface area contributed by atoms with E-state index in [0.717, 1.165) is 5.56 Å². The van der Waals surface area contributed by atoms with Gasteiger partial charge in [0.1, 0.15) is 22.8 Å². The maximum absolute atomic E-state index is 13.0. The molecule has 0 unspecified atom stereocenters. The van der Waals surface area contributed by atoms with E-state index in [9.17, 15) is 19.5 Å². The number of hydrogen-bond donors (Lipinski definition) is 2. The molecule has 0 saturated heterocycles. The minimum absolute atomic E-state index is 0.0544. The van der Waals surface area contributed by atoms with Crippen molar-refractivity contribution in [1.29, 1.82) is 5.41 Å². The molecule has 1 heterocycles. The van der Waals surface area contributed by atoms with Crippen molar-refractivity contribution in [3.05, 3.63) is 52.6 Å². The minimum atomic E-state index is -0.570. The fourth-order valence-corrected chi connectivity index (χ4v) is 3.83. The SMILES string of the molecule is CCOC(=O)COc1cc(O)c(C(=O)CN2Cc3cc(C(=N)SC)ccc3C2=O)c(OC)c1. The van der Waals surface area contributed by atoms with Gasteiger partial charge in [0.2, 0.25) is 0 Å². The first-order valence-corrected chi connectivity index (χ1v) is 11.3. The van der Waals surface area contributed by atoms with E-state index in [2.05, 4.69) is 0 Å². The van der Waals surface area contributed by atoms with Crippen LogP contribution in [0.25, 0.3) is 0 Å². The molecule has 0 spiro atoms. The van der Waals surface area contributed by atoms with Crippen molar-refractivity contribution in [3.63, 3.8) is 0 Å². The van der Waals surface area contributed by atoms with E-state index in [4.69, 9.17) is 19.6 Å². The molecule has 0 aromatic heterocycles. The highest BCUT2D eigenvalue weighted by atomic mass is 32.2. The van der Waals surface area contributed by atoms with Crippen LogP contribution in [-0.2, 0) is 16.1 Å². The zero-order chi connectivity index (χ0) is 24.1. The summed E-state index contributed by atoms with van der Waals surface area (Å²) >= 11 is 1.30. The number of phenols is 1. The number of thioether (sulfide) groups is 1. The average Bonchev–Trinajstić information content (AvgIpc) is 3.11. The molecule has 174 valence electrons. The summed E-state index contributed by atoms with van der Waals surface area (Å²) in [6.45, 7) is 1.48. The Labute approximate surface area is 195 Å². The lowest BCUT2D eigenvalue weighted by molar-refractivity contribution is -0.145. The van der Waals surface area contributed by atoms with Gasteiger partial charge >= 0.3 is 5.97 Å². The molecule has 2 aromatic rings. The number of fused-ring (bicyclic) bond motifs is 1. The van der Waals surface area contributed by atoms with E-state index in [1.807, 2.05) is 0 Å². The Kier molecular flexibility index (Phi) is 7.59. The molecule has 2 N–H and O–H groups in total. The molecule has 0 atom stereocenters. The predicted octanol–water partition coefficient (Wildman–Crippen LogP) is 2.87. The first-order valence-electron chi connectivity index (χ1n) is 10.1. The van der Waals surface area contributed by atoms with Gasteiger partial charge in [0, 0.05) is 29.8 Å². The number of benzene rings is 2. The molecule has 0 saturated carbocycles. The van der Waals surface area contributed by atoms with Crippen LogP contribution < -0.4 is 9.47 Å². The van der Waals surface area contributed by atoms with Gasteiger partial charge in [0.25, 0.3) is 5.91 Å². The standard InChI is InChI=1S/C23H24N2O7S/c1-4-31-20(28)12-32-15-8-17(26)21(19(9-15)30-2)18(27)11-25-10-14-7-13(22(24)33-3)5-6-16(14)23(25)29/h5-9,24,26H,4,10-12H2,1-3H3. The van der Waals surface area contributed by atoms with Crippen molar-refractivity contribution in [2.24, 2.45) is 0 Å². The third-order valence-electron chi connectivity index (χ3n) is 5.00. The van der Waals surface area contributed by atoms with E-state index in [1.54, 1.807) is 31.4 Å². The van der Waals surface area contributed by atoms with Crippen LogP contribution in [0.1, 0.15) is 38.8 Å². The number of ketones is 1. The molecular weight excluding hydrogens is 448 g/mol. The van der Waals surface area contributed by atoms with Crippen molar-refractivity contribution in [1.82, 2.24) is 4.90 Å². The van der Waals surface area contributed by atoms with Gasteiger partial charge in [0.15, 0.2) is 12.4 Å². The van der Waals surface area contributed by atoms with E-state index < -0.39 is 17.5 Å². The molecule has 10 heteroatoms. The summed E-state index contributed by atoms with van der Waals surface area (Å²) in [4.78, 5) is 38.6. The first-order chi connectivity index (χ1) is 15.8. The second-order valence-electron chi connectivity index (χ2n) is 7.10. The smallest absolute Gasteiger partial charge is 0.344 e. The highest BCUT2D eigenvalue weighted by molar-refractivity contribution is 8.13. The number of esters is 1. The Morgan fingerprint density at radius 2 is 2.00 bits per heavy atom. The fourth-order valence-electron chi connectivity index (χ4n) is 3.47. The van der Waals surface area contributed by atoms with Gasteiger partial charge in [-0.2, -0.15) is 0 Å². The lowest BCUT2D eigenvalue weighted by Crippen LogP contribution is -2.30. The van der Waals surface area contributed by atoms with Crippen LogP contribution in [-0.4, -0.2) is 65.8 Å². The molecule has 1 amide bonds. The highest BCUT2D eigenvalue weighted by Gasteiger charge is 2.31. The van der Waals surface area contributed by atoms with Gasteiger partial charge in [0.05, 0.1) is 25.3 Å². The highest BCUT2D eigenvalue weighted by Crippen LogP contribution is 2.34. The van der Waals surface area contributed by atoms with Crippen molar-refractivity contribution in [3.8, 4) is 17.2 Å². The number of carbonyl (C=O) groups excluding carboxylic acids is 3. The molecule has 1 aliphatic heterocycles. The molecule has 9 nitrogen and oxygen atoms in total. The summed E-state index contributed by atoms with van der Waals surface area (Å²) in [6, 6.07) is 7.74. The van der Waals surface area contributed by atoms with Crippen molar-refractivity contribution >= 4 is 34.5 Å². The normalized spacial score (nSPS) is 12.3. The maximum atomic E-state index is 13.0. The molecule has 0 bridgehead atoms. The number of amides is 1. The lowest BCUT2D eigenvalue weighted by Gasteiger charge is -2.17. The molecular formula is C23H24N2O7S. The van der Waals surface area contributed by atoms with Crippen LogP contribution in [0.5, 0.6) is 17.2 Å². The third-order valence-corrected chi connectivity index (χ3v) is 5.64. The van der Waals surface area contributed by atoms with E-state index in [-0.39, 0.29) is 49.3 Å². The first kappa shape index (κ1) is 24.1. The Morgan fingerprint density at radius 1 is 1.24 bits per heavy atom. The largest absolute Gasteiger partial charge is 0.507 e. The van der Waals surface area contributed by atoms with E-state index >= 15 is 0 Å². The zero-order valence-electron chi connectivity index (χ0n) is 18.5. The summed E-state index contributed by atoms with van der Waals surface area (Å²) in [5.41, 5.74) is 1.84. The Morgan fingerprint density at radius 3 is 2.67 bits per heavy atom. The van der Waals surface area contributed by atoms with Crippen LogP contribution in [0.4, 0.5) is 0 Å². The van der Waals surface area contributed by atoms with Crippen LogP contribution in [0.15, 0.2) is 30.3 Å². The van der Waals surface area contributed by atoms with Crippen LogP contribution >= 0.6 is 11.8 Å². The summed E-state index contributed by atoms with van der Waals surface area (Å²) in [6.07, 6.45) is 1.80. The monoisotopic (exact) mass is 472 g/mol. The Balaban J connectivity index is 1.76. The number of nitrogens with zero attached hydrogens (tertiary/aromatic N) is 1. The topological polar surface area (TPSA) is 126 Å².